The Hall–Kier alpha value is -3.68. The molecule has 2 N–H and O–H groups in total. The Morgan fingerprint density at radius 3 is 2.31 bits per heavy atom. The third-order valence-electron chi connectivity index (χ3n) is 3.96. The smallest absolute Gasteiger partial charge is 0.337 e. The Morgan fingerprint density at radius 1 is 0.966 bits per heavy atom. The molecular weight excluding hydrogens is 376 g/mol. The molecule has 0 aromatic heterocycles. The molecule has 0 aliphatic rings. The highest BCUT2D eigenvalue weighted by atomic mass is 16.5. The first-order chi connectivity index (χ1) is 13.9. The van der Waals surface area contributed by atoms with Crippen molar-refractivity contribution in [1.29, 1.82) is 0 Å². The maximum Gasteiger partial charge on any atom is 0.337 e. The van der Waals surface area contributed by atoms with Gasteiger partial charge in [0.1, 0.15) is 0 Å². The van der Waals surface area contributed by atoms with Gasteiger partial charge in [0.15, 0.2) is 6.61 Å². The van der Waals surface area contributed by atoms with Crippen molar-refractivity contribution >= 4 is 29.4 Å². The van der Waals surface area contributed by atoms with Crippen LogP contribution in [0.25, 0.3) is 0 Å². The van der Waals surface area contributed by atoms with Crippen LogP contribution in [0.2, 0.25) is 0 Å². The highest BCUT2D eigenvalue weighted by Gasteiger charge is 2.11. The number of aryl methyl sites for hydroxylation is 1. The van der Waals surface area contributed by atoms with E-state index >= 15 is 0 Å². The lowest BCUT2D eigenvalue weighted by Crippen LogP contribution is -2.28. The third-order valence-corrected chi connectivity index (χ3v) is 3.96. The zero-order valence-corrected chi connectivity index (χ0v) is 16.2. The fraction of sp³-hybridized carbons (Fsp3) is 0.238. The Labute approximate surface area is 168 Å². The van der Waals surface area contributed by atoms with Crippen LogP contribution in [0.5, 0.6) is 0 Å². The summed E-state index contributed by atoms with van der Waals surface area (Å²) >= 11 is 0. The molecule has 2 rings (SSSR count). The molecule has 0 atom stereocenters. The molecule has 0 bridgehead atoms. The Balaban J connectivity index is 1.69. The van der Waals surface area contributed by atoms with Crippen molar-refractivity contribution in [2.75, 3.05) is 25.6 Å². The topological polar surface area (TPSA) is 111 Å². The molecule has 2 aromatic carbocycles. The second kappa shape index (κ2) is 10.6. The van der Waals surface area contributed by atoms with E-state index in [1.165, 1.54) is 31.4 Å². The first-order valence-corrected chi connectivity index (χ1v) is 8.88. The molecule has 0 aliphatic carbocycles. The first kappa shape index (κ1) is 21.6. The summed E-state index contributed by atoms with van der Waals surface area (Å²) in [5.74, 6) is -1.88. The maximum absolute atomic E-state index is 12.0. The molecule has 0 heterocycles. The molecule has 2 aromatic rings. The minimum Gasteiger partial charge on any atom is -0.465 e. The van der Waals surface area contributed by atoms with Crippen LogP contribution in [-0.2, 0) is 19.1 Å². The monoisotopic (exact) mass is 398 g/mol. The Morgan fingerprint density at radius 2 is 1.66 bits per heavy atom. The van der Waals surface area contributed by atoms with Gasteiger partial charge in [-0.3, -0.25) is 14.4 Å². The number of hydrogen-bond acceptors (Lipinski definition) is 6. The molecule has 0 spiro atoms. The van der Waals surface area contributed by atoms with E-state index in [0.29, 0.717) is 16.8 Å². The van der Waals surface area contributed by atoms with Gasteiger partial charge in [-0.2, -0.15) is 0 Å². The van der Waals surface area contributed by atoms with E-state index < -0.39 is 24.5 Å². The van der Waals surface area contributed by atoms with Crippen molar-refractivity contribution < 1.29 is 28.7 Å². The van der Waals surface area contributed by atoms with Gasteiger partial charge in [0, 0.05) is 17.8 Å². The molecule has 0 fully saturated rings. The van der Waals surface area contributed by atoms with E-state index in [1.54, 1.807) is 12.1 Å². The molecule has 0 unspecified atom stereocenters. The molecule has 0 saturated heterocycles. The van der Waals surface area contributed by atoms with Gasteiger partial charge in [-0.05, 0) is 42.8 Å². The van der Waals surface area contributed by atoms with Crippen LogP contribution in [-0.4, -0.2) is 44.0 Å². The standard InChI is InChI=1S/C21H22N2O6/c1-14-5-3-4-6-17(14)20(26)22-12-11-19(25)29-13-18(24)23-16-9-7-15(8-10-16)21(27)28-2/h3-10H,11-13H2,1-2H3,(H,22,26)(H,23,24). The molecule has 8 nitrogen and oxygen atoms in total. The average Bonchev–Trinajstić information content (AvgIpc) is 2.72. The lowest BCUT2D eigenvalue weighted by Gasteiger charge is -2.09. The van der Waals surface area contributed by atoms with E-state index in [1.807, 2.05) is 19.1 Å². The second-order valence-electron chi connectivity index (χ2n) is 6.10. The summed E-state index contributed by atoms with van der Waals surface area (Å²) in [7, 11) is 1.28. The largest absolute Gasteiger partial charge is 0.465 e. The van der Waals surface area contributed by atoms with E-state index in [2.05, 4.69) is 15.4 Å². The molecule has 152 valence electrons. The summed E-state index contributed by atoms with van der Waals surface area (Å²) in [6.07, 6.45) is -0.0568. The predicted octanol–water partition coefficient (Wildman–Crippen LogP) is 2.08. The quantitative estimate of drug-likeness (QED) is 0.659. The van der Waals surface area contributed by atoms with E-state index in [9.17, 15) is 19.2 Å². The lowest BCUT2D eigenvalue weighted by molar-refractivity contribution is -0.147. The van der Waals surface area contributed by atoms with Crippen LogP contribution in [0.1, 0.15) is 32.7 Å². The van der Waals surface area contributed by atoms with Gasteiger partial charge in [-0.15, -0.1) is 0 Å². The van der Waals surface area contributed by atoms with Gasteiger partial charge in [0.2, 0.25) is 0 Å². The van der Waals surface area contributed by atoms with E-state index in [0.717, 1.165) is 5.56 Å². The van der Waals surface area contributed by atoms with Crippen molar-refractivity contribution in [2.24, 2.45) is 0 Å². The minimum absolute atomic E-state index is 0.0568. The van der Waals surface area contributed by atoms with Gasteiger partial charge < -0.3 is 20.1 Å². The number of ether oxygens (including phenoxy) is 2. The molecule has 0 aliphatic heterocycles. The summed E-state index contributed by atoms with van der Waals surface area (Å²) in [6.45, 7) is 1.47. The van der Waals surface area contributed by atoms with Gasteiger partial charge in [-0.1, -0.05) is 18.2 Å². The number of methoxy groups -OCH3 is 1. The Bertz CT molecular complexity index is 892. The molecule has 0 radical (unpaired) electrons. The SMILES string of the molecule is COC(=O)c1ccc(NC(=O)COC(=O)CCNC(=O)c2ccccc2C)cc1. The van der Waals surface area contributed by atoms with Crippen LogP contribution in [0.15, 0.2) is 48.5 Å². The van der Waals surface area contributed by atoms with Gasteiger partial charge in [0.05, 0.1) is 19.1 Å². The Kier molecular flexibility index (Phi) is 7.90. The molecule has 29 heavy (non-hydrogen) atoms. The summed E-state index contributed by atoms with van der Waals surface area (Å²) < 4.78 is 9.48. The molecule has 8 heteroatoms. The number of esters is 2. The fourth-order valence-corrected chi connectivity index (χ4v) is 2.42. The van der Waals surface area contributed by atoms with Crippen molar-refractivity contribution in [3.05, 3.63) is 65.2 Å². The zero-order chi connectivity index (χ0) is 21.2. The summed E-state index contributed by atoms with van der Waals surface area (Å²) in [5, 5.41) is 5.18. The molecule has 0 saturated carbocycles. The maximum atomic E-state index is 12.0. The number of benzene rings is 2. The van der Waals surface area contributed by atoms with Gasteiger partial charge >= 0.3 is 11.9 Å². The summed E-state index contributed by atoms with van der Waals surface area (Å²) in [4.78, 5) is 47.0. The number of anilines is 1. The van der Waals surface area contributed by atoms with Crippen molar-refractivity contribution in [3.8, 4) is 0 Å². The van der Waals surface area contributed by atoms with Gasteiger partial charge in [-0.25, -0.2) is 4.79 Å². The zero-order valence-electron chi connectivity index (χ0n) is 16.2. The number of amides is 2. The van der Waals surface area contributed by atoms with E-state index in [4.69, 9.17) is 4.74 Å². The number of rotatable bonds is 8. The normalized spacial score (nSPS) is 10.0. The molecular formula is C21H22N2O6. The van der Waals surface area contributed by atoms with Crippen LogP contribution < -0.4 is 10.6 Å². The molecule has 2 amide bonds. The highest BCUT2D eigenvalue weighted by molar-refractivity contribution is 5.96. The first-order valence-electron chi connectivity index (χ1n) is 8.88. The van der Waals surface area contributed by atoms with Crippen LogP contribution in [0, 0.1) is 6.92 Å². The van der Waals surface area contributed by atoms with Crippen LogP contribution >= 0.6 is 0 Å². The number of hydrogen-bond donors (Lipinski definition) is 2. The summed E-state index contributed by atoms with van der Waals surface area (Å²) in [6, 6.07) is 13.2. The second-order valence-corrected chi connectivity index (χ2v) is 6.10. The van der Waals surface area contributed by atoms with E-state index in [-0.39, 0.29) is 18.9 Å². The average molecular weight is 398 g/mol. The lowest BCUT2D eigenvalue weighted by atomic mass is 10.1. The van der Waals surface area contributed by atoms with Crippen LogP contribution in [0.4, 0.5) is 5.69 Å². The number of carbonyl (C=O) groups is 4. The highest BCUT2D eigenvalue weighted by Crippen LogP contribution is 2.10. The fourth-order valence-electron chi connectivity index (χ4n) is 2.42. The number of carbonyl (C=O) groups excluding carboxylic acids is 4. The van der Waals surface area contributed by atoms with Gasteiger partial charge in [0.25, 0.3) is 11.8 Å². The summed E-state index contributed by atoms with van der Waals surface area (Å²) in [5.41, 5.74) is 2.18. The predicted molar refractivity (Wildman–Crippen MR) is 105 cm³/mol. The number of nitrogens with one attached hydrogen (secondary N) is 2. The van der Waals surface area contributed by atoms with Crippen molar-refractivity contribution in [2.45, 2.75) is 13.3 Å². The minimum atomic E-state index is -0.605. The van der Waals surface area contributed by atoms with Crippen molar-refractivity contribution in [1.82, 2.24) is 5.32 Å². The third kappa shape index (κ3) is 6.76. The van der Waals surface area contributed by atoms with Crippen molar-refractivity contribution in [3.63, 3.8) is 0 Å². The van der Waals surface area contributed by atoms with Crippen LogP contribution in [0.3, 0.4) is 0 Å².